The number of nitrogens with zero attached hydrogens (tertiary/aromatic N) is 7. The maximum absolute atomic E-state index is 11.5. The van der Waals surface area contributed by atoms with Crippen LogP contribution < -0.4 is 20.9 Å². The summed E-state index contributed by atoms with van der Waals surface area (Å²) in [6, 6.07) is 0.794. The van der Waals surface area contributed by atoms with Crippen molar-refractivity contribution in [1.82, 2.24) is 45.7 Å². The van der Waals surface area contributed by atoms with Crippen LogP contribution in [0.2, 0.25) is 5.28 Å². The van der Waals surface area contributed by atoms with E-state index < -0.39 is 0 Å². The third kappa shape index (κ3) is 6.90. The number of aromatic nitrogens is 4. The highest BCUT2D eigenvalue weighted by Gasteiger charge is 2.36. The maximum atomic E-state index is 11.5. The van der Waals surface area contributed by atoms with Gasteiger partial charge >= 0.3 is 12.1 Å². The fraction of sp³-hybridized carbons (Fsp3) is 0.500. The number of piperazine rings is 2. The summed E-state index contributed by atoms with van der Waals surface area (Å²) >= 11 is 11.8. The van der Waals surface area contributed by atoms with Crippen LogP contribution in [0.1, 0.15) is 0 Å². The second kappa shape index (κ2) is 12.1. The molecule has 0 aromatic carbocycles. The fourth-order valence-corrected chi connectivity index (χ4v) is 4.58. The van der Waals surface area contributed by atoms with E-state index in [1.807, 2.05) is 9.80 Å². The van der Waals surface area contributed by atoms with Gasteiger partial charge in [0.15, 0.2) is 0 Å². The smallest absolute Gasteiger partial charge is 0.317 e. The molecule has 4 aliphatic heterocycles. The summed E-state index contributed by atoms with van der Waals surface area (Å²) in [4.78, 5) is 44.3. The third-order valence-corrected chi connectivity index (χ3v) is 6.83. The van der Waals surface area contributed by atoms with Crippen molar-refractivity contribution in [3.05, 3.63) is 39.0 Å². The molecule has 188 valence electrons. The first-order chi connectivity index (χ1) is 16.9. The first-order valence-electron chi connectivity index (χ1n) is 11.1. The van der Waals surface area contributed by atoms with Crippen molar-refractivity contribution in [2.75, 3.05) is 57.3 Å². The molecule has 0 aliphatic carbocycles. The molecular formula is C20H25Br2ClN10O2. The Kier molecular flexibility index (Phi) is 8.92. The zero-order chi connectivity index (χ0) is 24.8. The Morgan fingerprint density at radius 3 is 1.97 bits per heavy atom. The van der Waals surface area contributed by atoms with Gasteiger partial charge in [-0.1, -0.05) is 0 Å². The molecule has 6 heterocycles. The van der Waals surface area contributed by atoms with E-state index in [0.29, 0.717) is 12.6 Å². The molecule has 4 fully saturated rings. The molecule has 4 aliphatic rings. The van der Waals surface area contributed by atoms with Crippen LogP contribution in [0.5, 0.6) is 0 Å². The quantitative estimate of drug-likeness (QED) is 0.402. The maximum Gasteiger partial charge on any atom is 0.317 e. The molecule has 4 amide bonds. The van der Waals surface area contributed by atoms with Gasteiger partial charge in [0.1, 0.15) is 0 Å². The van der Waals surface area contributed by atoms with Gasteiger partial charge < -0.3 is 30.7 Å². The summed E-state index contributed by atoms with van der Waals surface area (Å²) in [6.45, 7) is 6.57. The number of hydrogen-bond donors (Lipinski definition) is 3. The highest BCUT2D eigenvalue weighted by molar-refractivity contribution is 9.10. The number of rotatable bonds is 1. The number of fused-ring (bicyclic) bond motifs is 2. The third-order valence-electron chi connectivity index (χ3n) is 5.81. The van der Waals surface area contributed by atoms with E-state index in [0.717, 1.165) is 60.7 Å². The predicted octanol–water partition coefficient (Wildman–Crippen LogP) is 1.33. The molecule has 0 spiro atoms. The largest absolute Gasteiger partial charge is 0.337 e. The van der Waals surface area contributed by atoms with Crippen molar-refractivity contribution in [2.24, 2.45) is 0 Å². The lowest BCUT2D eigenvalue weighted by molar-refractivity contribution is 0.191. The number of nitrogens with one attached hydrogen (secondary N) is 3. The minimum atomic E-state index is 0.0476. The average molecular weight is 633 g/mol. The van der Waals surface area contributed by atoms with Crippen molar-refractivity contribution >= 4 is 61.5 Å². The van der Waals surface area contributed by atoms with Gasteiger partial charge in [0.2, 0.25) is 11.2 Å². The number of anilines is 1. The van der Waals surface area contributed by atoms with E-state index in [1.54, 1.807) is 24.8 Å². The first-order valence-corrected chi connectivity index (χ1v) is 13.0. The minimum Gasteiger partial charge on any atom is -0.337 e. The van der Waals surface area contributed by atoms with Crippen molar-refractivity contribution in [3.8, 4) is 0 Å². The minimum absolute atomic E-state index is 0.0476. The van der Waals surface area contributed by atoms with E-state index in [2.05, 4.69) is 72.6 Å². The number of halogens is 3. The Morgan fingerprint density at radius 2 is 1.37 bits per heavy atom. The molecule has 2 aromatic rings. The van der Waals surface area contributed by atoms with Crippen LogP contribution in [0.3, 0.4) is 0 Å². The highest BCUT2D eigenvalue weighted by atomic mass is 79.9. The van der Waals surface area contributed by atoms with Crippen LogP contribution in [0, 0.1) is 0 Å². The molecule has 12 nitrogen and oxygen atoms in total. The Labute approximate surface area is 224 Å². The second-order valence-electron chi connectivity index (χ2n) is 8.09. The molecule has 2 atom stereocenters. The number of urea groups is 2. The molecule has 0 radical (unpaired) electrons. The monoisotopic (exact) mass is 630 g/mol. The predicted molar refractivity (Wildman–Crippen MR) is 137 cm³/mol. The molecule has 2 unspecified atom stereocenters. The highest BCUT2D eigenvalue weighted by Crippen LogP contribution is 2.18. The number of carbonyl (C=O) groups excluding carboxylic acids is 2. The molecule has 2 aromatic heterocycles. The fourth-order valence-electron chi connectivity index (χ4n) is 4.07. The summed E-state index contributed by atoms with van der Waals surface area (Å²) in [7, 11) is 0. The molecule has 35 heavy (non-hydrogen) atoms. The Balaban J connectivity index is 0.000000136. The lowest BCUT2D eigenvalue weighted by atomic mass is 10.2. The van der Waals surface area contributed by atoms with E-state index in [9.17, 15) is 9.59 Å². The van der Waals surface area contributed by atoms with Gasteiger partial charge in [0.05, 0.1) is 21.0 Å². The Morgan fingerprint density at radius 1 is 0.800 bits per heavy atom. The number of hydrogen-bond acceptors (Lipinski definition) is 8. The molecular weight excluding hydrogens is 608 g/mol. The first kappa shape index (κ1) is 25.8. The SMILES string of the molecule is Clc1ncc(Br)cn1.O=C1NCC2CN(c3ncc(Br)cn3)CCN12.O=C1NCC2CNCCN12. The zero-order valence-corrected chi connectivity index (χ0v) is 22.6. The van der Waals surface area contributed by atoms with Gasteiger partial charge in [-0.05, 0) is 43.5 Å². The topological polar surface area (TPSA) is 132 Å². The molecule has 4 saturated heterocycles. The molecule has 3 N–H and O–H groups in total. The van der Waals surface area contributed by atoms with E-state index in [4.69, 9.17) is 11.6 Å². The van der Waals surface area contributed by atoms with Crippen LogP contribution in [0.4, 0.5) is 15.5 Å². The molecule has 0 saturated carbocycles. The standard InChI is InChI=1S/C10H12BrN5O.C6H11N3O.C4H2BrClN2/c11-7-3-12-9(13-4-7)15-1-2-16-8(6-15)5-14-10(16)17;10-6-8-4-5-3-7-1-2-9(5)6;5-3-1-7-4(6)8-2-3/h3-4,8H,1-2,5-6H2,(H,14,17);5,7H,1-4H2,(H,8,10);1-2H. The Bertz CT molecular complexity index is 995. The summed E-state index contributed by atoms with van der Waals surface area (Å²) in [5.74, 6) is 0.729. The van der Waals surface area contributed by atoms with Gasteiger partial charge in [-0.3, -0.25) is 0 Å². The lowest BCUT2D eigenvalue weighted by Gasteiger charge is -2.36. The van der Waals surface area contributed by atoms with Crippen LogP contribution >= 0.6 is 43.5 Å². The normalized spacial score (nSPS) is 22.7. The molecule has 15 heteroatoms. The lowest BCUT2D eigenvalue weighted by Crippen LogP contribution is -2.52. The van der Waals surface area contributed by atoms with Crippen LogP contribution in [0.25, 0.3) is 0 Å². The number of amides is 4. The van der Waals surface area contributed by atoms with Crippen LogP contribution in [-0.4, -0.2) is 106 Å². The van der Waals surface area contributed by atoms with Crippen molar-refractivity contribution in [3.63, 3.8) is 0 Å². The van der Waals surface area contributed by atoms with Crippen molar-refractivity contribution < 1.29 is 9.59 Å². The summed E-state index contributed by atoms with van der Waals surface area (Å²) < 4.78 is 1.71. The van der Waals surface area contributed by atoms with Gasteiger partial charge in [0, 0.05) is 77.1 Å². The van der Waals surface area contributed by atoms with Gasteiger partial charge in [-0.25, -0.2) is 29.5 Å². The van der Waals surface area contributed by atoms with Crippen molar-refractivity contribution in [2.45, 2.75) is 12.1 Å². The van der Waals surface area contributed by atoms with E-state index >= 15 is 0 Å². The van der Waals surface area contributed by atoms with Gasteiger partial charge in [-0.2, -0.15) is 0 Å². The zero-order valence-electron chi connectivity index (χ0n) is 18.7. The van der Waals surface area contributed by atoms with E-state index in [1.165, 1.54) is 0 Å². The average Bonchev–Trinajstić information content (AvgIpc) is 3.44. The van der Waals surface area contributed by atoms with Crippen molar-refractivity contribution in [1.29, 1.82) is 0 Å². The van der Waals surface area contributed by atoms with Gasteiger partial charge in [0.25, 0.3) is 0 Å². The van der Waals surface area contributed by atoms with Gasteiger partial charge in [-0.15, -0.1) is 0 Å². The second-order valence-corrected chi connectivity index (χ2v) is 10.3. The van der Waals surface area contributed by atoms with Crippen LogP contribution in [-0.2, 0) is 0 Å². The van der Waals surface area contributed by atoms with E-state index in [-0.39, 0.29) is 23.4 Å². The summed E-state index contributed by atoms with van der Waals surface area (Å²) in [5, 5.41) is 9.18. The summed E-state index contributed by atoms with van der Waals surface area (Å²) in [6.07, 6.45) is 6.67. The number of carbonyl (C=O) groups is 2. The summed E-state index contributed by atoms with van der Waals surface area (Å²) in [5.41, 5.74) is 0. The molecule has 0 bridgehead atoms. The Hall–Kier alpha value is -2.29. The van der Waals surface area contributed by atoms with Crippen LogP contribution in [0.15, 0.2) is 33.7 Å². The molecule has 6 rings (SSSR count).